The predicted octanol–water partition coefficient (Wildman–Crippen LogP) is 3.30. The molecule has 6 nitrogen and oxygen atoms in total. The van der Waals surface area contributed by atoms with E-state index in [1.807, 2.05) is 32.0 Å². The molecule has 0 aliphatic heterocycles. The SMILES string of the molecule is COC(=O)c1ccccc1NC(=O)C1CC1C(=O)Nc1cccc(C)c1C. The van der Waals surface area contributed by atoms with E-state index in [1.165, 1.54) is 7.11 Å². The van der Waals surface area contributed by atoms with Gasteiger partial charge in [-0.05, 0) is 49.6 Å². The summed E-state index contributed by atoms with van der Waals surface area (Å²) in [4.78, 5) is 36.7. The van der Waals surface area contributed by atoms with E-state index in [4.69, 9.17) is 4.74 Å². The number of nitrogens with one attached hydrogen (secondary N) is 2. The van der Waals surface area contributed by atoms with Crippen molar-refractivity contribution < 1.29 is 19.1 Å². The van der Waals surface area contributed by atoms with Crippen molar-refractivity contribution in [3.8, 4) is 0 Å². The highest BCUT2D eigenvalue weighted by atomic mass is 16.5. The third kappa shape index (κ3) is 4.00. The molecule has 140 valence electrons. The fraction of sp³-hybridized carbons (Fsp3) is 0.286. The van der Waals surface area contributed by atoms with Crippen molar-refractivity contribution in [3.63, 3.8) is 0 Å². The molecule has 1 aliphatic carbocycles. The number of ether oxygens (including phenoxy) is 1. The molecule has 2 unspecified atom stereocenters. The molecule has 0 saturated heterocycles. The minimum atomic E-state index is -0.522. The number of carbonyl (C=O) groups is 3. The van der Waals surface area contributed by atoms with Crippen LogP contribution in [0.4, 0.5) is 11.4 Å². The summed E-state index contributed by atoms with van der Waals surface area (Å²) in [6.07, 6.45) is 0.489. The first-order valence-electron chi connectivity index (χ1n) is 8.77. The van der Waals surface area contributed by atoms with Crippen LogP contribution in [0.15, 0.2) is 42.5 Å². The zero-order chi connectivity index (χ0) is 19.6. The third-order valence-electron chi connectivity index (χ3n) is 4.92. The third-order valence-corrected chi connectivity index (χ3v) is 4.92. The van der Waals surface area contributed by atoms with E-state index >= 15 is 0 Å². The van der Waals surface area contributed by atoms with Crippen LogP contribution in [-0.4, -0.2) is 24.9 Å². The maximum absolute atomic E-state index is 12.5. The second kappa shape index (κ2) is 7.61. The maximum Gasteiger partial charge on any atom is 0.339 e. The number of amides is 2. The van der Waals surface area contributed by atoms with Gasteiger partial charge in [-0.3, -0.25) is 9.59 Å². The fourth-order valence-corrected chi connectivity index (χ4v) is 2.99. The second-order valence-electron chi connectivity index (χ2n) is 6.71. The van der Waals surface area contributed by atoms with E-state index in [1.54, 1.807) is 24.3 Å². The summed E-state index contributed by atoms with van der Waals surface area (Å²) in [6, 6.07) is 12.4. The Morgan fingerprint density at radius 3 is 2.15 bits per heavy atom. The molecule has 2 atom stereocenters. The Labute approximate surface area is 157 Å². The van der Waals surface area contributed by atoms with Gasteiger partial charge >= 0.3 is 5.97 Å². The number of aryl methyl sites for hydroxylation is 1. The highest BCUT2D eigenvalue weighted by Crippen LogP contribution is 2.40. The first-order valence-corrected chi connectivity index (χ1v) is 8.77. The summed E-state index contributed by atoms with van der Waals surface area (Å²) >= 11 is 0. The Morgan fingerprint density at radius 1 is 0.889 bits per heavy atom. The number of benzene rings is 2. The zero-order valence-electron chi connectivity index (χ0n) is 15.5. The van der Waals surface area contributed by atoms with Gasteiger partial charge in [0, 0.05) is 5.69 Å². The Kier molecular flexibility index (Phi) is 5.26. The lowest BCUT2D eigenvalue weighted by molar-refractivity contribution is -0.122. The van der Waals surface area contributed by atoms with E-state index in [0.717, 1.165) is 16.8 Å². The lowest BCUT2D eigenvalue weighted by Crippen LogP contribution is -2.22. The van der Waals surface area contributed by atoms with Crippen molar-refractivity contribution in [1.29, 1.82) is 0 Å². The molecule has 0 bridgehead atoms. The van der Waals surface area contributed by atoms with Crippen molar-refractivity contribution in [3.05, 3.63) is 59.2 Å². The average molecular weight is 366 g/mol. The molecule has 2 aromatic rings. The minimum Gasteiger partial charge on any atom is -0.465 e. The topological polar surface area (TPSA) is 84.5 Å². The van der Waals surface area contributed by atoms with E-state index in [9.17, 15) is 14.4 Å². The summed E-state index contributed by atoms with van der Waals surface area (Å²) in [5.41, 5.74) is 3.54. The van der Waals surface area contributed by atoms with Gasteiger partial charge in [0.1, 0.15) is 0 Å². The summed E-state index contributed by atoms with van der Waals surface area (Å²) in [7, 11) is 1.29. The molecule has 2 amide bonds. The van der Waals surface area contributed by atoms with Gasteiger partial charge < -0.3 is 15.4 Å². The number of esters is 1. The second-order valence-corrected chi connectivity index (χ2v) is 6.71. The van der Waals surface area contributed by atoms with Crippen molar-refractivity contribution >= 4 is 29.2 Å². The van der Waals surface area contributed by atoms with Crippen LogP contribution in [0.3, 0.4) is 0 Å². The number of hydrogen-bond acceptors (Lipinski definition) is 4. The zero-order valence-corrected chi connectivity index (χ0v) is 15.5. The Balaban J connectivity index is 1.63. The van der Waals surface area contributed by atoms with Crippen molar-refractivity contribution in [2.45, 2.75) is 20.3 Å². The monoisotopic (exact) mass is 366 g/mol. The first-order chi connectivity index (χ1) is 12.9. The average Bonchev–Trinajstić information content (AvgIpc) is 3.46. The van der Waals surface area contributed by atoms with E-state index in [2.05, 4.69) is 10.6 Å². The van der Waals surface area contributed by atoms with Crippen molar-refractivity contribution in [2.75, 3.05) is 17.7 Å². The molecule has 1 saturated carbocycles. The number of carbonyl (C=O) groups excluding carboxylic acids is 3. The van der Waals surface area contributed by atoms with Crippen LogP contribution in [0.5, 0.6) is 0 Å². The van der Waals surface area contributed by atoms with Gasteiger partial charge in [-0.25, -0.2) is 4.79 Å². The molecular weight excluding hydrogens is 344 g/mol. The lowest BCUT2D eigenvalue weighted by Gasteiger charge is -2.11. The van der Waals surface area contributed by atoms with Gasteiger partial charge in [-0.2, -0.15) is 0 Å². The van der Waals surface area contributed by atoms with Crippen LogP contribution in [0.25, 0.3) is 0 Å². The van der Waals surface area contributed by atoms with Gasteiger partial charge in [-0.1, -0.05) is 24.3 Å². The molecule has 1 aliphatic rings. The van der Waals surface area contributed by atoms with Gasteiger partial charge in [0.25, 0.3) is 0 Å². The number of para-hydroxylation sites is 1. The van der Waals surface area contributed by atoms with E-state index in [-0.39, 0.29) is 23.3 Å². The highest BCUT2D eigenvalue weighted by Gasteiger charge is 2.48. The molecule has 27 heavy (non-hydrogen) atoms. The molecule has 6 heteroatoms. The Hall–Kier alpha value is -3.15. The fourth-order valence-electron chi connectivity index (χ4n) is 2.99. The molecule has 0 spiro atoms. The summed E-state index contributed by atoms with van der Waals surface area (Å²) < 4.78 is 4.73. The molecule has 1 fully saturated rings. The number of anilines is 2. The van der Waals surface area contributed by atoms with Crippen LogP contribution < -0.4 is 10.6 Å². The Morgan fingerprint density at radius 2 is 1.48 bits per heavy atom. The minimum absolute atomic E-state index is 0.162. The Bertz CT molecular complexity index is 907. The maximum atomic E-state index is 12.5. The molecule has 0 aromatic heterocycles. The van der Waals surface area contributed by atoms with Crippen LogP contribution in [-0.2, 0) is 14.3 Å². The molecule has 2 N–H and O–H groups in total. The molecule has 0 radical (unpaired) electrons. The summed E-state index contributed by atoms with van der Waals surface area (Å²) in [5, 5.41) is 5.64. The predicted molar refractivity (Wildman–Crippen MR) is 103 cm³/mol. The quantitative estimate of drug-likeness (QED) is 0.795. The van der Waals surface area contributed by atoms with Gasteiger partial charge in [0.2, 0.25) is 11.8 Å². The lowest BCUT2D eigenvalue weighted by atomic mass is 10.1. The highest BCUT2D eigenvalue weighted by molar-refractivity contribution is 6.06. The standard InChI is InChI=1S/C21H22N2O4/c1-12-7-6-10-17(13(12)2)22-19(24)15-11-16(15)20(25)23-18-9-5-4-8-14(18)21(26)27-3/h4-10,15-16H,11H2,1-3H3,(H,22,24)(H,23,25). The van der Waals surface area contributed by atoms with Crippen molar-refractivity contribution in [1.82, 2.24) is 0 Å². The molecule has 2 aromatic carbocycles. The smallest absolute Gasteiger partial charge is 0.339 e. The van der Waals surface area contributed by atoms with Crippen LogP contribution in [0.2, 0.25) is 0 Å². The molecular formula is C21H22N2O4. The molecule has 0 heterocycles. The summed E-state index contributed by atoms with van der Waals surface area (Å²) in [6.45, 7) is 3.93. The first kappa shape index (κ1) is 18.6. The van der Waals surface area contributed by atoms with Gasteiger partial charge in [0.15, 0.2) is 0 Å². The van der Waals surface area contributed by atoms with Crippen molar-refractivity contribution in [2.24, 2.45) is 11.8 Å². The van der Waals surface area contributed by atoms with Gasteiger partial charge in [-0.15, -0.1) is 0 Å². The van der Waals surface area contributed by atoms with Gasteiger partial charge in [0.05, 0.1) is 30.2 Å². The molecule has 3 rings (SSSR count). The summed E-state index contributed by atoms with van der Waals surface area (Å²) in [5.74, 6) is -1.72. The van der Waals surface area contributed by atoms with Crippen LogP contribution in [0.1, 0.15) is 27.9 Å². The number of hydrogen-bond donors (Lipinski definition) is 2. The van der Waals surface area contributed by atoms with Crippen LogP contribution in [0, 0.1) is 25.7 Å². The number of rotatable bonds is 5. The normalized spacial score (nSPS) is 17.7. The van der Waals surface area contributed by atoms with E-state index in [0.29, 0.717) is 12.1 Å². The largest absolute Gasteiger partial charge is 0.465 e. The van der Waals surface area contributed by atoms with E-state index < -0.39 is 11.9 Å². The van der Waals surface area contributed by atoms with Crippen LogP contribution >= 0.6 is 0 Å². The number of methoxy groups -OCH3 is 1.